The number of benzene rings is 3. The summed E-state index contributed by atoms with van der Waals surface area (Å²) in [7, 11) is 0. The molecule has 0 saturated carbocycles. The van der Waals surface area contributed by atoms with Gasteiger partial charge in [0.1, 0.15) is 0 Å². The van der Waals surface area contributed by atoms with Crippen molar-refractivity contribution < 1.29 is 38.6 Å². The van der Waals surface area contributed by atoms with Gasteiger partial charge in [-0.25, -0.2) is 14.4 Å². The van der Waals surface area contributed by atoms with E-state index in [-0.39, 0.29) is 26.7 Å². The van der Waals surface area contributed by atoms with Gasteiger partial charge in [-0.1, -0.05) is 59.6 Å². The van der Waals surface area contributed by atoms with E-state index in [1.54, 1.807) is 12.1 Å². The fourth-order valence-electron chi connectivity index (χ4n) is 2.94. The van der Waals surface area contributed by atoms with Gasteiger partial charge < -0.3 is 14.6 Å². The summed E-state index contributed by atoms with van der Waals surface area (Å²) < 4.78 is 10.1. The van der Waals surface area contributed by atoms with Crippen molar-refractivity contribution in [1.29, 1.82) is 0 Å². The molecule has 0 bridgehead atoms. The average Bonchev–Trinajstić information content (AvgIpc) is 2.89. The lowest BCUT2D eigenvalue weighted by Crippen LogP contribution is -2.54. The van der Waals surface area contributed by atoms with Crippen LogP contribution in [0.15, 0.2) is 78.9 Å². The Morgan fingerprint density at radius 2 is 1.22 bits per heavy atom. The van der Waals surface area contributed by atoms with E-state index in [1.165, 1.54) is 66.7 Å². The minimum atomic E-state index is -2.27. The SMILES string of the molecule is O=C(O[C@H](C(=O)NNC(=O)c1ccc(Cl)cc1Cl)[C@@H](OC(=O)c1ccccc1)C(=O)O)c1ccccc1. The van der Waals surface area contributed by atoms with E-state index in [4.69, 9.17) is 32.7 Å². The molecule has 0 fully saturated rings. The molecule has 0 aromatic heterocycles. The maximum atomic E-state index is 12.9. The lowest BCUT2D eigenvalue weighted by atomic mass is 10.1. The minimum Gasteiger partial charge on any atom is -0.478 e. The van der Waals surface area contributed by atoms with E-state index in [2.05, 4.69) is 0 Å². The van der Waals surface area contributed by atoms with Gasteiger partial charge in [-0.15, -0.1) is 0 Å². The van der Waals surface area contributed by atoms with Crippen LogP contribution in [0.4, 0.5) is 0 Å². The predicted octanol–water partition coefficient (Wildman–Crippen LogP) is 3.29. The smallest absolute Gasteiger partial charge is 0.349 e. The Kier molecular flexibility index (Phi) is 9.20. The van der Waals surface area contributed by atoms with Crippen molar-refractivity contribution in [3.63, 3.8) is 0 Å². The molecular formula is C25H18Cl2N2O8. The van der Waals surface area contributed by atoms with Crippen molar-refractivity contribution in [3.8, 4) is 0 Å². The largest absolute Gasteiger partial charge is 0.478 e. The fourth-order valence-corrected chi connectivity index (χ4v) is 3.43. The number of hydrogen-bond acceptors (Lipinski definition) is 7. The second-order valence-electron chi connectivity index (χ2n) is 7.29. The van der Waals surface area contributed by atoms with Crippen LogP contribution in [-0.4, -0.2) is 47.0 Å². The highest BCUT2D eigenvalue weighted by molar-refractivity contribution is 6.36. The van der Waals surface area contributed by atoms with Gasteiger partial charge in [-0.05, 0) is 42.5 Å². The van der Waals surface area contributed by atoms with Crippen LogP contribution < -0.4 is 10.9 Å². The summed E-state index contributed by atoms with van der Waals surface area (Å²) in [5.41, 5.74) is 3.94. The van der Waals surface area contributed by atoms with Crippen molar-refractivity contribution in [1.82, 2.24) is 10.9 Å². The van der Waals surface area contributed by atoms with Crippen molar-refractivity contribution >= 4 is 52.9 Å². The molecule has 0 spiro atoms. The second-order valence-corrected chi connectivity index (χ2v) is 8.13. The van der Waals surface area contributed by atoms with Crippen LogP contribution >= 0.6 is 23.2 Å². The van der Waals surface area contributed by atoms with Gasteiger partial charge in [0.25, 0.3) is 11.8 Å². The Balaban J connectivity index is 1.83. The first-order valence-electron chi connectivity index (χ1n) is 10.5. The summed E-state index contributed by atoms with van der Waals surface area (Å²) in [6, 6.07) is 18.8. The van der Waals surface area contributed by atoms with Gasteiger partial charge in [0.2, 0.25) is 12.2 Å². The molecule has 2 amide bonds. The summed E-state index contributed by atoms with van der Waals surface area (Å²) >= 11 is 11.8. The Bertz CT molecular complexity index is 1320. The van der Waals surface area contributed by atoms with Crippen molar-refractivity contribution in [3.05, 3.63) is 106 Å². The molecule has 12 heteroatoms. The molecule has 10 nitrogen and oxygen atoms in total. The standard InChI is InChI=1S/C25H18Cl2N2O8/c26-16-11-12-17(18(27)13-16)21(30)28-29-22(31)19(36-24(34)14-7-3-1-4-8-14)20(23(32)33)37-25(35)15-9-5-2-6-10-15/h1-13,19-20H,(H,28,30)(H,29,31)(H,32,33)/t19-,20+/m0/s1. The fraction of sp³-hybridized carbons (Fsp3) is 0.0800. The number of esters is 2. The maximum absolute atomic E-state index is 12.9. The number of halogens is 2. The predicted molar refractivity (Wildman–Crippen MR) is 131 cm³/mol. The topological polar surface area (TPSA) is 148 Å². The normalized spacial score (nSPS) is 11.9. The number of carbonyl (C=O) groups is 5. The third kappa shape index (κ3) is 7.29. The first-order valence-corrected chi connectivity index (χ1v) is 11.2. The molecule has 3 aromatic rings. The molecule has 37 heavy (non-hydrogen) atoms. The Hall–Kier alpha value is -4.41. The number of carboxylic acids is 1. The zero-order valence-corrected chi connectivity index (χ0v) is 20.2. The molecule has 0 unspecified atom stereocenters. The van der Waals surface area contributed by atoms with Crippen LogP contribution in [0, 0.1) is 0 Å². The van der Waals surface area contributed by atoms with E-state index in [1.807, 2.05) is 10.9 Å². The lowest BCUT2D eigenvalue weighted by molar-refractivity contribution is -0.159. The van der Waals surface area contributed by atoms with Gasteiger partial charge in [0.15, 0.2) is 0 Å². The molecule has 3 N–H and O–H groups in total. The highest BCUT2D eigenvalue weighted by Crippen LogP contribution is 2.20. The van der Waals surface area contributed by atoms with Crippen LogP contribution in [0.1, 0.15) is 31.1 Å². The highest BCUT2D eigenvalue weighted by Gasteiger charge is 2.41. The maximum Gasteiger partial charge on any atom is 0.349 e. The monoisotopic (exact) mass is 544 g/mol. The Morgan fingerprint density at radius 3 is 1.70 bits per heavy atom. The molecule has 3 aromatic carbocycles. The van der Waals surface area contributed by atoms with Crippen molar-refractivity contribution in [2.24, 2.45) is 0 Å². The summed E-state index contributed by atoms with van der Waals surface area (Å²) in [5, 5.41) is 9.97. The Labute approximate surface area is 220 Å². The number of carbonyl (C=O) groups excluding carboxylic acids is 4. The van der Waals surface area contributed by atoms with E-state index in [0.29, 0.717) is 0 Å². The molecule has 190 valence electrons. The van der Waals surface area contributed by atoms with Gasteiger partial charge >= 0.3 is 17.9 Å². The number of amides is 2. The zero-order chi connectivity index (χ0) is 26.9. The van der Waals surface area contributed by atoms with Crippen LogP contribution in [0.5, 0.6) is 0 Å². The number of hydrogen-bond donors (Lipinski definition) is 3. The second kappa shape index (κ2) is 12.5. The average molecular weight is 545 g/mol. The number of nitrogens with one attached hydrogen (secondary N) is 2. The number of aliphatic carboxylic acids is 1. The minimum absolute atomic E-state index is 0.00388. The van der Waals surface area contributed by atoms with E-state index < -0.39 is 41.9 Å². The highest BCUT2D eigenvalue weighted by atomic mass is 35.5. The summed E-state index contributed by atoms with van der Waals surface area (Å²) in [5.74, 6) is -6.11. The summed E-state index contributed by atoms with van der Waals surface area (Å²) in [6.07, 6.45) is -4.46. The number of ether oxygens (including phenoxy) is 2. The molecule has 0 radical (unpaired) electrons. The van der Waals surface area contributed by atoms with Crippen LogP contribution in [0.3, 0.4) is 0 Å². The first-order chi connectivity index (χ1) is 17.7. The molecule has 0 aliphatic rings. The van der Waals surface area contributed by atoms with Crippen molar-refractivity contribution in [2.75, 3.05) is 0 Å². The zero-order valence-electron chi connectivity index (χ0n) is 18.7. The summed E-state index contributed by atoms with van der Waals surface area (Å²) in [4.78, 5) is 62.5. The van der Waals surface area contributed by atoms with Crippen LogP contribution in [0.2, 0.25) is 10.0 Å². The number of rotatable bonds is 8. The summed E-state index contributed by atoms with van der Waals surface area (Å²) in [6.45, 7) is 0. The first kappa shape index (κ1) is 27.2. The van der Waals surface area contributed by atoms with E-state index in [9.17, 15) is 29.1 Å². The number of carboxylic acid groups (broad SMARTS) is 1. The van der Waals surface area contributed by atoms with Crippen LogP contribution in [-0.2, 0) is 19.1 Å². The van der Waals surface area contributed by atoms with E-state index >= 15 is 0 Å². The molecule has 0 saturated heterocycles. The molecular weight excluding hydrogens is 527 g/mol. The lowest BCUT2D eigenvalue weighted by Gasteiger charge is -2.23. The van der Waals surface area contributed by atoms with E-state index in [0.717, 1.165) is 0 Å². The molecule has 2 atom stereocenters. The van der Waals surface area contributed by atoms with Gasteiger partial charge in [0.05, 0.1) is 21.7 Å². The Morgan fingerprint density at radius 1 is 0.703 bits per heavy atom. The quantitative estimate of drug-likeness (QED) is 0.289. The van der Waals surface area contributed by atoms with Crippen molar-refractivity contribution in [2.45, 2.75) is 12.2 Å². The molecule has 0 aliphatic heterocycles. The number of hydrazine groups is 1. The molecule has 0 heterocycles. The van der Waals surface area contributed by atoms with Gasteiger partial charge in [-0.3, -0.25) is 20.4 Å². The molecule has 3 rings (SSSR count). The van der Waals surface area contributed by atoms with Gasteiger partial charge in [-0.2, -0.15) is 0 Å². The van der Waals surface area contributed by atoms with Crippen LogP contribution in [0.25, 0.3) is 0 Å². The van der Waals surface area contributed by atoms with Gasteiger partial charge in [0, 0.05) is 5.02 Å². The third-order valence-corrected chi connectivity index (χ3v) is 5.29. The third-order valence-electron chi connectivity index (χ3n) is 4.74. The molecule has 0 aliphatic carbocycles.